The molecular weight excluding hydrogens is 388 g/mol. The lowest BCUT2D eigenvalue weighted by Gasteiger charge is -2.12. The van der Waals surface area contributed by atoms with Crippen molar-refractivity contribution in [2.75, 3.05) is 11.5 Å². The molecule has 1 aliphatic heterocycles. The van der Waals surface area contributed by atoms with Crippen LogP contribution in [0.4, 0.5) is 0 Å². The van der Waals surface area contributed by atoms with Crippen LogP contribution in [0.15, 0.2) is 36.4 Å². The van der Waals surface area contributed by atoms with Crippen LogP contribution < -0.4 is 5.32 Å². The summed E-state index contributed by atoms with van der Waals surface area (Å²) in [7, 11) is -3.07. The Bertz CT molecular complexity index is 1210. The fraction of sp³-hybridized carbons (Fsp3) is 0.381. The molecule has 0 bridgehead atoms. The van der Waals surface area contributed by atoms with Crippen LogP contribution in [-0.4, -0.2) is 46.6 Å². The highest BCUT2D eigenvalue weighted by atomic mass is 32.2. The van der Waals surface area contributed by atoms with Gasteiger partial charge >= 0.3 is 0 Å². The first-order chi connectivity index (χ1) is 13.9. The Kier molecular flexibility index (Phi) is 4.20. The van der Waals surface area contributed by atoms with Gasteiger partial charge in [-0.1, -0.05) is 30.3 Å². The van der Waals surface area contributed by atoms with Crippen LogP contribution in [0.2, 0.25) is 0 Å². The van der Waals surface area contributed by atoms with Crippen LogP contribution in [0.3, 0.4) is 0 Å². The topological polar surface area (TPSA) is 93.9 Å². The lowest BCUT2D eigenvalue weighted by Crippen LogP contribution is -2.25. The Morgan fingerprint density at radius 2 is 1.93 bits per heavy atom. The van der Waals surface area contributed by atoms with Gasteiger partial charge < -0.3 is 5.32 Å². The Morgan fingerprint density at radius 1 is 1.17 bits per heavy atom. The van der Waals surface area contributed by atoms with E-state index < -0.39 is 9.84 Å². The van der Waals surface area contributed by atoms with Crippen molar-refractivity contribution >= 4 is 26.8 Å². The second-order valence-corrected chi connectivity index (χ2v) is 10.2. The standard InChI is InChI=1S/C21H22N4O3S/c1-13-19-17(21(26)22-15-7-8-15)11-18(14-5-3-2-4-6-14)23-20(19)25(24-13)16-9-10-29(27,28)12-16/h2-6,11,15-16H,7-10,12H2,1H3,(H,22,26)/t16-/m0/s1. The average molecular weight is 410 g/mol. The third kappa shape index (κ3) is 3.42. The van der Waals surface area contributed by atoms with Gasteiger partial charge in [-0.15, -0.1) is 0 Å². The molecule has 0 spiro atoms. The van der Waals surface area contributed by atoms with Crippen LogP contribution in [0.1, 0.15) is 41.4 Å². The molecule has 1 saturated heterocycles. The van der Waals surface area contributed by atoms with E-state index >= 15 is 0 Å². The van der Waals surface area contributed by atoms with Crippen LogP contribution in [0, 0.1) is 6.92 Å². The summed E-state index contributed by atoms with van der Waals surface area (Å²) in [5.41, 5.74) is 3.40. The molecule has 2 fully saturated rings. The number of carbonyl (C=O) groups excluding carboxylic acids is 1. The quantitative estimate of drug-likeness (QED) is 0.714. The largest absolute Gasteiger partial charge is 0.349 e. The molecule has 0 radical (unpaired) electrons. The summed E-state index contributed by atoms with van der Waals surface area (Å²) in [6, 6.07) is 11.5. The predicted octanol–water partition coefficient (Wildman–Crippen LogP) is 2.66. The Labute approximate surface area is 169 Å². The molecule has 1 atom stereocenters. The lowest BCUT2D eigenvalue weighted by atomic mass is 10.0. The molecule has 0 unspecified atom stereocenters. The van der Waals surface area contributed by atoms with Gasteiger partial charge in [0.05, 0.1) is 39.9 Å². The Morgan fingerprint density at radius 3 is 2.59 bits per heavy atom. The number of nitrogens with one attached hydrogen (secondary N) is 1. The number of amides is 1. The smallest absolute Gasteiger partial charge is 0.252 e. The van der Waals surface area contributed by atoms with Crippen LogP contribution in [0.25, 0.3) is 22.3 Å². The SMILES string of the molecule is Cc1nn([C@H]2CCS(=O)(=O)C2)c2nc(-c3ccccc3)cc(C(=O)NC3CC3)c12. The zero-order valence-corrected chi connectivity index (χ0v) is 16.9. The van der Waals surface area contributed by atoms with E-state index in [0.29, 0.717) is 34.4 Å². The number of hydrogen-bond acceptors (Lipinski definition) is 5. The fourth-order valence-electron chi connectivity index (χ4n) is 3.96. The molecule has 5 rings (SSSR count). The zero-order valence-electron chi connectivity index (χ0n) is 16.1. The summed E-state index contributed by atoms with van der Waals surface area (Å²) in [5.74, 6) is 0.0917. The van der Waals surface area contributed by atoms with Crippen molar-refractivity contribution in [1.29, 1.82) is 0 Å². The minimum absolute atomic E-state index is 0.0596. The van der Waals surface area contributed by atoms with Gasteiger partial charge in [-0.05, 0) is 32.3 Å². The lowest BCUT2D eigenvalue weighted by molar-refractivity contribution is 0.0952. The van der Waals surface area contributed by atoms with Crippen molar-refractivity contribution in [3.05, 3.63) is 47.7 Å². The van der Waals surface area contributed by atoms with Gasteiger partial charge in [-0.25, -0.2) is 18.1 Å². The highest BCUT2D eigenvalue weighted by Gasteiger charge is 2.33. The number of rotatable bonds is 4. The number of benzene rings is 1. The van der Waals surface area contributed by atoms with Crippen molar-refractivity contribution in [2.45, 2.75) is 38.3 Å². The summed E-state index contributed by atoms with van der Waals surface area (Å²) in [6.07, 6.45) is 2.52. The Balaban J connectivity index is 1.70. The normalized spacial score (nSPS) is 20.8. The third-order valence-corrected chi connectivity index (χ3v) is 7.37. The van der Waals surface area contributed by atoms with Crippen molar-refractivity contribution in [3.63, 3.8) is 0 Å². The minimum Gasteiger partial charge on any atom is -0.349 e. The first kappa shape index (κ1) is 18.3. The van der Waals surface area contributed by atoms with E-state index in [9.17, 15) is 13.2 Å². The van der Waals surface area contributed by atoms with Crippen LogP contribution in [0.5, 0.6) is 0 Å². The maximum Gasteiger partial charge on any atom is 0.252 e. The van der Waals surface area contributed by atoms with Crippen molar-refractivity contribution in [3.8, 4) is 11.3 Å². The molecule has 2 aliphatic rings. The van der Waals surface area contributed by atoms with Gasteiger partial charge in [0.1, 0.15) is 0 Å². The number of hydrogen-bond donors (Lipinski definition) is 1. The number of sulfone groups is 1. The van der Waals surface area contributed by atoms with E-state index in [1.807, 2.05) is 43.3 Å². The molecule has 3 heterocycles. The van der Waals surface area contributed by atoms with Crippen molar-refractivity contribution < 1.29 is 13.2 Å². The van der Waals surface area contributed by atoms with Gasteiger partial charge in [0, 0.05) is 11.6 Å². The molecule has 2 aromatic heterocycles. The fourth-order valence-corrected chi connectivity index (χ4v) is 5.65. The van der Waals surface area contributed by atoms with Crippen LogP contribution in [-0.2, 0) is 9.84 Å². The molecule has 1 amide bonds. The first-order valence-electron chi connectivity index (χ1n) is 9.88. The summed E-state index contributed by atoms with van der Waals surface area (Å²) in [5, 5.41) is 8.38. The van der Waals surface area contributed by atoms with E-state index in [0.717, 1.165) is 18.4 Å². The van der Waals surface area contributed by atoms with Crippen molar-refractivity contribution in [2.24, 2.45) is 0 Å². The number of aryl methyl sites for hydroxylation is 1. The number of nitrogens with zero attached hydrogens (tertiary/aromatic N) is 3. The second-order valence-electron chi connectivity index (χ2n) is 7.95. The summed E-state index contributed by atoms with van der Waals surface area (Å²) in [6.45, 7) is 1.85. The maximum absolute atomic E-state index is 13.0. The molecule has 7 nitrogen and oxygen atoms in total. The molecule has 29 heavy (non-hydrogen) atoms. The van der Waals surface area contributed by atoms with E-state index in [4.69, 9.17) is 4.98 Å². The minimum atomic E-state index is -3.07. The second kappa shape index (κ2) is 6.66. The van der Waals surface area contributed by atoms with Gasteiger partial charge in [0.25, 0.3) is 5.91 Å². The molecule has 1 N–H and O–H groups in total. The van der Waals surface area contributed by atoms with E-state index in [1.165, 1.54) is 0 Å². The predicted molar refractivity (Wildman–Crippen MR) is 110 cm³/mol. The van der Waals surface area contributed by atoms with E-state index in [2.05, 4.69) is 10.4 Å². The van der Waals surface area contributed by atoms with Gasteiger partial charge in [-0.3, -0.25) is 4.79 Å². The van der Waals surface area contributed by atoms with E-state index in [-0.39, 0.29) is 29.5 Å². The molecular formula is C21H22N4O3S. The molecule has 3 aromatic rings. The molecule has 150 valence electrons. The zero-order chi connectivity index (χ0) is 20.2. The highest BCUT2D eigenvalue weighted by molar-refractivity contribution is 7.91. The van der Waals surface area contributed by atoms with Crippen LogP contribution >= 0.6 is 0 Å². The van der Waals surface area contributed by atoms with Gasteiger partial charge in [-0.2, -0.15) is 5.10 Å². The monoisotopic (exact) mass is 410 g/mol. The summed E-state index contributed by atoms with van der Waals surface area (Å²) in [4.78, 5) is 17.8. The molecule has 1 saturated carbocycles. The third-order valence-electron chi connectivity index (χ3n) is 5.62. The molecule has 8 heteroatoms. The number of aromatic nitrogens is 3. The summed E-state index contributed by atoms with van der Waals surface area (Å²) < 4.78 is 25.8. The highest BCUT2D eigenvalue weighted by Crippen LogP contribution is 2.32. The molecule has 1 aliphatic carbocycles. The average Bonchev–Trinajstić information content (AvgIpc) is 3.36. The number of fused-ring (bicyclic) bond motifs is 1. The first-order valence-corrected chi connectivity index (χ1v) is 11.7. The van der Waals surface area contributed by atoms with Crippen molar-refractivity contribution in [1.82, 2.24) is 20.1 Å². The van der Waals surface area contributed by atoms with Gasteiger partial charge in [0.2, 0.25) is 0 Å². The maximum atomic E-state index is 13.0. The number of carbonyl (C=O) groups is 1. The number of pyridine rings is 1. The Hall–Kier alpha value is -2.74. The molecule has 1 aromatic carbocycles. The van der Waals surface area contributed by atoms with Gasteiger partial charge in [0.15, 0.2) is 15.5 Å². The summed E-state index contributed by atoms with van der Waals surface area (Å²) >= 11 is 0. The van der Waals surface area contributed by atoms with E-state index in [1.54, 1.807) is 4.68 Å².